The number of aromatic nitrogens is 4. The van der Waals surface area contributed by atoms with Crippen LogP contribution < -0.4 is 4.90 Å². The van der Waals surface area contributed by atoms with E-state index in [1.165, 1.54) is 0 Å². The summed E-state index contributed by atoms with van der Waals surface area (Å²) in [6, 6.07) is 6.17. The van der Waals surface area contributed by atoms with E-state index in [2.05, 4.69) is 42.7 Å². The van der Waals surface area contributed by atoms with Crippen LogP contribution in [0.25, 0.3) is 11.0 Å². The zero-order chi connectivity index (χ0) is 20.5. The predicted octanol–water partition coefficient (Wildman–Crippen LogP) is 3.49. The monoisotopic (exact) mass is 392 g/mol. The van der Waals surface area contributed by atoms with Gasteiger partial charge in [0, 0.05) is 56.0 Å². The first-order valence-electron chi connectivity index (χ1n) is 10.3. The molecule has 1 aliphatic heterocycles. The van der Waals surface area contributed by atoms with Crippen molar-refractivity contribution in [3.8, 4) is 0 Å². The van der Waals surface area contributed by atoms with Gasteiger partial charge in [0.25, 0.3) is 5.91 Å². The van der Waals surface area contributed by atoms with Crippen molar-refractivity contribution in [1.29, 1.82) is 0 Å². The molecule has 0 aliphatic carbocycles. The van der Waals surface area contributed by atoms with Crippen molar-refractivity contribution in [3.05, 3.63) is 48.0 Å². The van der Waals surface area contributed by atoms with Gasteiger partial charge in [-0.25, -0.2) is 9.67 Å². The molecule has 0 N–H and O–H groups in total. The summed E-state index contributed by atoms with van der Waals surface area (Å²) in [4.78, 5) is 26.6. The molecule has 0 radical (unpaired) electrons. The van der Waals surface area contributed by atoms with E-state index in [0.717, 1.165) is 35.5 Å². The standard InChI is InChI=1S/C22H28N6O/c1-15(2)20-13-18(19-14-24-28(16(3)4)21(19)25-20)22(29)27-11-9-26(10-12-27)17-5-7-23-8-6-17/h5-8,13-16H,9-12H2,1-4H3. The molecular weight excluding hydrogens is 364 g/mol. The molecule has 1 aliphatic rings. The van der Waals surface area contributed by atoms with E-state index in [9.17, 15) is 4.79 Å². The second-order valence-electron chi connectivity index (χ2n) is 8.15. The van der Waals surface area contributed by atoms with Crippen LogP contribution in [0.1, 0.15) is 55.7 Å². The minimum atomic E-state index is 0.0667. The molecule has 1 saturated heterocycles. The molecule has 0 aromatic carbocycles. The Kier molecular flexibility index (Phi) is 5.22. The molecule has 1 fully saturated rings. The zero-order valence-electron chi connectivity index (χ0n) is 17.5. The first-order valence-corrected chi connectivity index (χ1v) is 10.3. The smallest absolute Gasteiger partial charge is 0.254 e. The molecule has 3 aromatic heterocycles. The van der Waals surface area contributed by atoms with Gasteiger partial charge in [-0.3, -0.25) is 9.78 Å². The molecule has 4 rings (SSSR count). The zero-order valence-corrected chi connectivity index (χ0v) is 17.5. The minimum absolute atomic E-state index is 0.0667. The number of piperazine rings is 1. The quantitative estimate of drug-likeness (QED) is 0.680. The van der Waals surface area contributed by atoms with E-state index < -0.39 is 0 Å². The molecule has 4 heterocycles. The van der Waals surface area contributed by atoms with Gasteiger partial charge in [-0.05, 0) is 38.0 Å². The maximum absolute atomic E-state index is 13.4. The molecule has 0 spiro atoms. The van der Waals surface area contributed by atoms with Crippen molar-refractivity contribution in [2.75, 3.05) is 31.1 Å². The van der Waals surface area contributed by atoms with Gasteiger partial charge in [-0.15, -0.1) is 0 Å². The number of pyridine rings is 2. The SMILES string of the molecule is CC(C)c1cc(C(=O)N2CCN(c3ccncc3)CC2)c2cnn(C(C)C)c2n1. The number of hydrogen-bond donors (Lipinski definition) is 0. The third kappa shape index (κ3) is 3.69. The molecule has 7 nitrogen and oxygen atoms in total. The van der Waals surface area contributed by atoms with Crippen molar-refractivity contribution < 1.29 is 4.79 Å². The summed E-state index contributed by atoms with van der Waals surface area (Å²) < 4.78 is 1.90. The Hall–Kier alpha value is -2.96. The largest absolute Gasteiger partial charge is 0.368 e. The van der Waals surface area contributed by atoms with Crippen molar-refractivity contribution >= 4 is 22.6 Å². The maximum Gasteiger partial charge on any atom is 0.254 e. The lowest BCUT2D eigenvalue weighted by Crippen LogP contribution is -2.48. The van der Waals surface area contributed by atoms with Crippen LogP contribution >= 0.6 is 0 Å². The number of carbonyl (C=O) groups is 1. The van der Waals surface area contributed by atoms with Crippen molar-refractivity contribution in [3.63, 3.8) is 0 Å². The summed E-state index contributed by atoms with van der Waals surface area (Å²) in [5, 5.41) is 5.34. The van der Waals surface area contributed by atoms with Crippen LogP contribution in [0.4, 0.5) is 5.69 Å². The second-order valence-corrected chi connectivity index (χ2v) is 8.15. The van der Waals surface area contributed by atoms with Crippen LogP contribution in [0.3, 0.4) is 0 Å². The summed E-state index contributed by atoms with van der Waals surface area (Å²) in [6.45, 7) is 11.4. The number of carbonyl (C=O) groups excluding carboxylic acids is 1. The molecule has 1 amide bonds. The maximum atomic E-state index is 13.4. The van der Waals surface area contributed by atoms with Crippen molar-refractivity contribution in [1.82, 2.24) is 24.6 Å². The normalized spacial score (nSPS) is 15.0. The Morgan fingerprint density at radius 1 is 1.03 bits per heavy atom. The molecule has 0 unspecified atom stereocenters. The minimum Gasteiger partial charge on any atom is -0.368 e. The van der Waals surface area contributed by atoms with Crippen LogP contribution in [0.5, 0.6) is 0 Å². The fourth-order valence-corrected chi connectivity index (χ4v) is 3.78. The number of rotatable bonds is 4. The fourth-order valence-electron chi connectivity index (χ4n) is 3.78. The van der Waals surface area contributed by atoms with E-state index in [1.807, 2.05) is 27.8 Å². The summed E-state index contributed by atoms with van der Waals surface area (Å²) in [7, 11) is 0. The van der Waals surface area contributed by atoms with Crippen LogP contribution in [-0.4, -0.2) is 56.7 Å². The molecule has 29 heavy (non-hydrogen) atoms. The van der Waals surface area contributed by atoms with Gasteiger partial charge in [-0.1, -0.05) is 13.8 Å². The van der Waals surface area contributed by atoms with Crippen LogP contribution in [0.2, 0.25) is 0 Å². The third-order valence-corrected chi connectivity index (χ3v) is 5.49. The molecule has 0 saturated carbocycles. The topological polar surface area (TPSA) is 67.2 Å². The van der Waals surface area contributed by atoms with Gasteiger partial charge in [-0.2, -0.15) is 5.10 Å². The highest BCUT2D eigenvalue weighted by atomic mass is 16.2. The Labute approximate surface area is 171 Å². The lowest BCUT2D eigenvalue weighted by molar-refractivity contribution is 0.0748. The van der Waals surface area contributed by atoms with E-state index in [-0.39, 0.29) is 17.9 Å². The lowest BCUT2D eigenvalue weighted by atomic mass is 10.0. The van der Waals surface area contributed by atoms with Crippen molar-refractivity contribution in [2.24, 2.45) is 0 Å². The summed E-state index contributed by atoms with van der Waals surface area (Å²) in [5.74, 6) is 0.307. The van der Waals surface area contributed by atoms with E-state index in [4.69, 9.17) is 4.98 Å². The Morgan fingerprint density at radius 2 is 1.72 bits per heavy atom. The van der Waals surface area contributed by atoms with Gasteiger partial charge >= 0.3 is 0 Å². The predicted molar refractivity (Wildman–Crippen MR) is 114 cm³/mol. The number of hydrogen-bond acceptors (Lipinski definition) is 5. The average molecular weight is 393 g/mol. The van der Waals surface area contributed by atoms with E-state index in [0.29, 0.717) is 18.7 Å². The molecule has 0 bridgehead atoms. The van der Waals surface area contributed by atoms with Gasteiger partial charge in [0.1, 0.15) is 0 Å². The molecular formula is C22H28N6O. The lowest BCUT2D eigenvalue weighted by Gasteiger charge is -2.36. The molecule has 7 heteroatoms. The highest BCUT2D eigenvalue weighted by molar-refractivity contribution is 6.05. The highest BCUT2D eigenvalue weighted by Gasteiger charge is 2.26. The Morgan fingerprint density at radius 3 is 2.34 bits per heavy atom. The third-order valence-electron chi connectivity index (χ3n) is 5.49. The van der Waals surface area contributed by atoms with Crippen molar-refractivity contribution in [2.45, 2.75) is 39.7 Å². The summed E-state index contributed by atoms with van der Waals surface area (Å²) >= 11 is 0. The van der Waals surface area contributed by atoms with Crippen LogP contribution in [-0.2, 0) is 0 Å². The number of anilines is 1. The number of fused-ring (bicyclic) bond motifs is 1. The second kappa shape index (κ2) is 7.81. The molecule has 3 aromatic rings. The van der Waals surface area contributed by atoms with Crippen LogP contribution in [0.15, 0.2) is 36.8 Å². The average Bonchev–Trinajstić information content (AvgIpc) is 3.17. The Bertz CT molecular complexity index is 1000. The highest BCUT2D eigenvalue weighted by Crippen LogP contribution is 2.26. The fraction of sp³-hybridized carbons (Fsp3) is 0.455. The Balaban J connectivity index is 1.62. The number of amides is 1. The summed E-state index contributed by atoms with van der Waals surface area (Å²) in [5.41, 5.74) is 3.59. The summed E-state index contributed by atoms with van der Waals surface area (Å²) in [6.07, 6.45) is 5.40. The van der Waals surface area contributed by atoms with E-state index in [1.54, 1.807) is 18.6 Å². The first kappa shape index (κ1) is 19.4. The van der Waals surface area contributed by atoms with Gasteiger partial charge in [0.2, 0.25) is 0 Å². The van der Waals surface area contributed by atoms with Gasteiger partial charge in [0.05, 0.1) is 17.1 Å². The van der Waals surface area contributed by atoms with E-state index >= 15 is 0 Å². The number of nitrogens with zero attached hydrogens (tertiary/aromatic N) is 6. The first-order chi connectivity index (χ1) is 14.0. The van der Waals surface area contributed by atoms with Crippen LogP contribution in [0, 0.1) is 0 Å². The van der Waals surface area contributed by atoms with Gasteiger partial charge in [0.15, 0.2) is 5.65 Å². The molecule has 152 valence electrons. The van der Waals surface area contributed by atoms with Gasteiger partial charge < -0.3 is 9.80 Å². The molecule has 0 atom stereocenters.